The Morgan fingerprint density at radius 3 is 2.40 bits per heavy atom. The second-order valence-corrected chi connectivity index (χ2v) is 6.37. The van der Waals surface area contributed by atoms with Crippen LogP contribution in [0.5, 0.6) is 11.5 Å². The van der Waals surface area contributed by atoms with Crippen LogP contribution in [0.25, 0.3) is 0 Å². The first kappa shape index (κ1) is 23.1. The Balaban J connectivity index is 1.80. The molecule has 2 rings (SSSR count). The van der Waals surface area contributed by atoms with Crippen molar-refractivity contribution in [2.75, 3.05) is 26.9 Å². The fraction of sp³-hybridized carbons (Fsp3) is 0.318. The first-order chi connectivity index (χ1) is 14.4. The van der Waals surface area contributed by atoms with Gasteiger partial charge in [-0.05, 0) is 19.1 Å². The van der Waals surface area contributed by atoms with Crippen LogP contribution < -0.4 is 4.74 Å². The van der Waals surface area contributed by atoms with Crippen molar-refractivity contribution in [2.24, 2.45) is 0 Å². The van der Waals surface area contributed by atoms with E-state index in [9.17, 15) is 19.5 Å². The zero-order valence-electron chi connectivity index (χ0n) is 16.8. The number of aromatic hydroxyl groups is 1. The largest absolute Gasteiger partial charge is 0.507 e. The van der Waals surface area contributed by atoms with Crippen LogP contribution in [0.3, 0.4) is 0 Å². The van der Waals surface area contributed by atoms with E-state index in [1.807, 2.05) is 6.92 Å². The van der Waals surface area contributed by atoms with Crippen molar-refractivity contribution in [3.63, 3.8) is 0 Å². The highest BCUT2D eigenvalue weighted by Crippen LogP contribution is 2.26. The van der Waals surface area contributed by atoms with Gasteiger partial charge in [0.2, 0.25) is 0 Å². The predicted molar refractivity (Wildman–Crippen MR) is 106 cm³/mol. The maximum Gasteiger partial charge on any atom is 0.322 e. The molecule has 2 aromatic rings. The van der Waals surface area contributed by atoms with Gasteiger partial charge in [0, 0.05) is 18.7 Å². The van der Waals surface area contributed by atoms with Crippen molar-refractivity contribution in [3.8, 4) is 11.5 Å². The number of benzene rings is 2. The molecule has 0 spiro atoms. The van der Waals surface area contributed by atoms with Crippen LogP contribution in [0, 0.1) is 0 Å². The molecule has 0 radical (unpaired) electrons. The van der Waals surface area contributed by atoms with Crippen molar-refractivity contribution < 1.29 is 38.4 Å². The number of hydrogen-bond donors (Lipinski definition) is 1. The number of ether oxygens (including phenoxy) is 4. The molecular formula is C22H24O8. The number of methoxy groups -OCH3 is 1. The molecule has 30 heavy (non-hydrogen) atoms. The van der Waals surface area contributed by atoms with Gasteiger partial charge in [-0.15, -0.1) is 0 Å². The molecule has 0 aliphatic rings. The van der Waals surface area contributed by atoms with E-state index in [0.29, 0.717) is 12.2 Å². The van der Waals surface area contributed by atoms with Crippen molar-refractivity contribution >= 4 is 17.7 Å². The maximum atomic E-state index is 12.4. The van der Waals surface area contributed by atoms with E-state index in [1.54, 1.807) is 37.4 Å². The summed E-state index contributed by atoms with van der Waals surface area (Å²) in [5.74, 6) is -2.30. The Morgan fingerprint density at radius 2 is 1.73 bits per heavy atom. The Labute approximate surface area is 174 Å². The molecule has 1 unspecified atom stereocenters. The van der Waals surface area contributed by atoms with Gasteiger partial charge >= 0.3 is 11.9 Å². The molecule has 1 atom stereocenters. The zero-order valence-corrected chi connectivity index (χ0v) is 16.8. The first-order valence-electron chi connectivity index (χ1n) is 9.30. The monoisotopic (exact) mass is 416 g/mol. The first-order valence-corrected chi connectivity index (χ1v) is 9.30. The summed E-state index contributed by atoms with van der Waals surface area (Å²) < 4.78 is 20.2. The third-order valence-electron chi connectivity index (χ3n) is 4.02. The lowest BCUT2D eigenvalue weighted by Crippen LogP contribution is -2.20. The molecule has 2 aromatic carbocycles. The number of rotatable bonds is 11. The number of esters is 2. The summed E-state index contributed by atoms with van der Waals surface area (Å²) in [5.41, 5.74) is 0.490. The fourth-order valence-electron chi connectivity index (χ4n) is 2.38. The second-order valence-electron chi connectivity index (χ2n) is 6.37. The summed E-state index contributed by atoms with van der Waals surface area (Å²) >= 11 is 0. The smallest absolute Gasteiger partial charge is 0.322 e. The molecule has 0 amide bonds. The molecule has 0 aromatic heterocycles. The van der Waals surface area contributed by atoms with Gasteiger partial charge in [-0.1, -0.05) is 30.3 Å². The summed E-state index contributed by atoms with van der Waals surface area (Å²) in [6.07, 6.45) is -0.665. The number of carbonyl (C=O) groups excluding carboxylic acids is 3. The minimum absolute atomic E-state index is 0.000367. The lowest BCUT2D eigenvalue weighted by Gasteiger charge is -2.10. The average Bonchev–Trinajstić information content (AvgIpc) is 2.73. The van der Waals surface area contributed by atoms with E-state index in [0.717, 1.165) is 6.07 Å². The van der Waals surface area contributed by atoms with Gasteiger partial charge < -0.3 is 24.1 Å². The van der Waals surface area contributed by atoms with Crippen LogP contribution in [-0.2, 0) is 23.8 Å². The molecule has 0 heterocycles. The van der Waals surface area contributed by atoms with Crippen LogP contribution in [0.15, 0.2) is 48.5 Å². The normalized spacial score (nSPS) is 11.5. The van der Waals surface area contributed by atoms with Crippen molar-refractivity contribution in [3.05, 3.63) is 59.7 Å². The molecule has 8 nitrogen and oxygen atoms in total. The number of hydrogen-bond acceptors (Lipinski definition) is 8. The van der Waals surface area contributed by atoms with Crippen LogP contribution in [0.1, 0.15) is 29.3 Å². The Morgan fingerprint density at radius 1 is 1.00 bits per heavy atom. The standard InChI is InChI=1S/C22H24O8/c1-15(27-2)14-28-10-11-29-20(24)13-21(25)30-17-8-9-18(19(23)12-17)22(26)16-6-4-3-5-7-16/h3-9,12,15,23H,10-11,13-14H2,1-2H3. The topological polar surface area (TPSA) is 108 Å². The maximum absolute atomic E-state index is 12.4. The van der Waals surface area contributed by atoms with E-state index < -0.39 is 18.4 Å². The summed E-state index contributed by atoms with van der Waals surface area (Å²) in [6, 6.07) is 12.3. The molecule has 0 aliphatic heterocycles. The molecule has 160 valence electrons. The molecule has 1 N–H and O–H groups in total. The molecule has 8 heteroatoms. The third-order valence-corrected chi connectivity index (χ3v) is 4.02. The molecule has 0 saturated heterocycles. The number of phenols is 1. The van der Waals surface area contributed by atoms with Crippen LogP contribution in [0.2, 0.25) is 0 Å². The zero-order chi connectivity index (χ0) is 21.9. The van der Waals surface area contributed by atoms with E-state index >= 15 is 0 Å². The van der Waals surface area contributed by atoms with Crippen LogP contribution in [-0.4, -0.2) is 55.9 Å². The molecule has 0 saturated carbocycles. The van der Waals surface area contributed by atoms with E-state index in [-0.39, 0.29) is 42.2 Å². The van der Waals surface area contributed by atoms with Crippen LogP contribution in [0.4, 0.5) is 0 Å². The third kappa shape index (κ3) is 7.31. The lowest BCUT2D eigenvalue weighted by molar-refractivity contribution is -0.151. The van der Waals surface area contributed by atoms with Gasteiger partial charge in [-0.3, -0.25) is 14.4 Å². The van der Waals surface area contributed by atoms with Gasteiger partial charge in [0.05, 0.1) is 24.9 Å². The summed E-state index contributed by atoms with van der Waals surface area (Å²) in [6.45, 7) is 2.38. The minimum Gasteiger partial charge on any atom is -0.507 e. The number of carbonyl (C=O) groups is 3. The summed E-state index contributed by atoms with van der Waals surface area (Å²) in [5, 5.41) is 10.1. The molecule has 0 bridgehead atoms. The highest BCUT2D eigenvalue weighted by molar-refractivity contribution is 6.10. The predicted octanol–water partition coefficient (Wildman–Crippen LogP) is 2.51. The van der Waals surface area contributed by atoms with Crippen molar-refractivity contribution in [1.29, 1.82) is 0 Å². The Kier molecular flexibility index (Phi) is 8.99. The Bertz CT molecular complexity index is 863. The summed E-state index contributed by atoms with van der Waals surface area (Å²) in [7, 11) is 1.56. The SMILES string of the molecule is COC(C)COCCOC(=O)CC(=O)Oc1ccc(C(=O)c2ccccc2)c(O)c1. The van der Waals surface area contributed by atoms with E-state index in [4.69, 9.17) is 18.9 Å². The average molecular weight is 416 g/mol. The number of phenolic OH excluding ortho intramolecular Hbond substituents is 1. The van der Waals surface area contributed by atoms with Gasteiger partial charge in [0.15, 0.2) is 5.78 Å². The molecule has 0 fully saturated rings. The number of ketones is 1. The highest BCUT2D eigenvalue weighted by atomic mass is 16.6. The minimum atomic E-state index is -0.851. The van der Waals surface area contributed by atoms with Crippen molar-refractivity contribution in [2.45, 2.75) is 19.4 Å². The quantitative estimate of drug-likeness (QED) is 0.196. The van der Waals surface area contributed by atoms with Gasteiger partial charge in [-0.2, -0.15) is 0 Å². The lowest BCUT2D eigenvalue weighted by atomic mass is 10.0. The van der Waals surface area contributed by atoms with E-state index in [2.05, 4.69) is 0 Å². The van der Waals surface area contributed by atoms with Crippen molar-refractivity contribution in [1.82, 2.24) is 0 Å². The molecule has 0 aliphatic carbocycles. The highest BCUT2D eigenvalue weighted by Gasteiger charge is 2.17. The van der Waals surface area contributed by atoms with E-state index in [1.165, 1.54) is 12.1 Å². The van der Waals surface area contributed by atoms with Gasteiger partial charge in [-0.25, -0.2) is 0 Å². The summed E-state index contributed by atoms with van der Waals surface area (Å²) in [4.78, 5) is 35.9. The molecular weight excluding hydrogens is 392 g/mol. The Hall–Kier alpha value is -3.23. The fourth-order valence-corrected chi connectivity index (χ4v) is 2.38. The van der Waals surface area contributed by atoms with Crippen LogP contribution >= 0.6 is 0 Å². The second kappa shape index (κ2) is 11.7. The van der Waals surface area contributed by atoms with Gasteiger partial charge in [0.25, 0.3) is 0 Å². The van der Waals surface area contributed by atoms with Gasteiger partial charge in [0.1, 0.15) is 24.5 Å².